The van der Waals surface area contributed by atoms with Crippen molar-refractivity contribution in [3.8, 4) is 0 Å². The highest BCUT2D eigenvalue weighted by Gasteiger charge is 2.08. The monoisotopic (exact) mass is 250 g/mol. The van der Waals surface area contributed by atoms with Crippen LogP contribution < -0.4 is 0 Å². The van der Waals surface area contributed by atoms with Crippen LogP contribution in [0.5, 0.6) is 0 Å². The van der Waals surface area contributed by atoms with Crippen LogP contribution in [0, 0.1) is 6.92 Å². The summed E-state index contributed by atoms with van der Waals surface area (Å²) < 4.78 is 1.91. The molecule has 0 fully saturated rings. The van der Waals surface area contributed by atoms with Gasteiger partial charge in [0.05, 0.1) is 6.10 Å². The van der Waals surface area contributed by atoms with Gasteiger partial charge < -0.3 is 9.67 Å². The third kappa shape index (κ3) is 2.65. The number of aromatic nitrogens is 4. The van der Waals surface area contributed by atoms with E-state index in [2.05, 4.69) is 15.2 Å². The average molecular weight is 250 g/mol. The van der Waals surface area contributed by atoms with Gasteiger partial charge in [0.25, 0.3) is 0 Å². The minimum atomic E-state index is -0.487. The van der Waals surface area contributed by atoms with Crippen LogP contribution in [0.4, 0.5) is 0 Å². The van der Waals surface area contributed by atoms with Gasteiger partial charge in [0.2, 0.25) is 0 Å². The molecule has 5 nitrogen and oxygen atoms in total. The number of nitrogens with zero attached hydrogens (tertiary/aromatic N) is 4. The third-order valence-electron chi connectivity index (χ3n) is 2.49. The van der Waals surface area contributed by atoms with Gasteiger partial charge in [-0.05, 0) is 37.2 Å². The number of hydrogen-bond donors (Lipinski definition) is 1. The Morgan fingerprint density at radius 2 is 2.12 bits per heavy atom. The molecule has 0 unspecified atom stereocenters. The van der Waals surface area contributed by atoms with E-state index in [-0.39, 0.29) is 0 Å². The van der Waals surface area contributed by atoms with Gasteiger partial charge in [-0.25, -0.2) is 4.98 Å². The van der Waals surface area contributed by atoms with E-state index >= 15 is 0 Å². The van der Waals surface area contributed by atoms with Gasteiger partial charge in [0.15, 0.2) is 5.16 Å². The summed E-state index contributed by atoms with van der Waals surface area (Å²) in [6.45, 7) is 3.62. The molecule has 0 radical (unpaired) electrons. The first-order chi connectivity index (χ1) is 8.08. The van der Waals surface area contributed by atoms with E-state index in [9.17, 15) is 5.11 Å². The molecule has 2 aromatic rings. The van der Waals surface area contributed by atoms with Crippen LogP contribution in [-0.2, 0) is 7.05 Å². The smallest absolute Gasteiger partial charge is 0.197 e. The minimum absolute atomic E-state index is 0.487. The molecule has 6 heteroatoms. The lowest BCUT2D eigenvalue weighted by Crippen LogP contribution is -1.95. The highest BCUT2D eigenvalue weighted by molar-refractivity contribution is 7.99. The van der Waals surface area contributed by atoms with Crippen LogP contribution in [0.1, 0.15) is 24.4 Å². The molecule has 0 aliphatic rings. The average Bonchev–Trinajstić information content (AvgIpc) is 2.62. The van der Waals surface area contributed by atoms with Gasteiger partial charge in [-0.2, -0.15) is 0 Å². The normalized spacial score (nSPS) is 12.7. The van der Waals surface area contributed by atoms with Gasteiger partial charge in [-0.3, -0.25) is 0 Å². The molecule has 0 aliphatic heterocycles. The Kier molecular flexibility index (Phi) is 3.44. The second-order valence-corrected chi connectivity index (χ2v) is 4.78. The Labute approximate surface area is 104 Å². The maximum absolute atomic E-state index is 9.38. The van der Waals surface area contributed by atoms with Crippen molar-refractivity contribution in [1.29, 1.82) is 0 Å². The van der Waals surface area contributed by atoms with Crippen LogP contribution in [-0.4, -0.2) is 24.9 Å². The van der Waals surface area contributed by atoms with Crippen molar-refractivity contribution in [2.45, 2.75) is 30.1 Å². The molecule has 90 valence electrons. The van der Waals surface area contributed by atoms with Crippen molar-refractivity contribution in [3.63, 3.8) is 0 Å². The van der Waals surface area contributed by atoms with E-state index in [1.54, 1.807) is 13.1 Å². The number of aliphatic hydroxyl groups is 1. The molecular formula is C11H14N4OS. The van der Waals surface area contributed by atoms with E-state index in [1.165, 1.54) is 11.8 Å². The van der Waals surface area contributed by atoms with E-state index < -0.39 is 6.10 Å². The fourth-order valence-electron chi connectivity index (χ4n) is 1.27. The minimum Gasteiger partial charge on any atom is -0.389 e. The first-order valence-corrected chi connectivity index (χ1v) is 6.07. The third-order valence-corrected chi connectivity index (χ3v) is 3.48. The molecule has 0 aliphatic carbocycles. The molecule has 0 aromatic carbocycles. The molecule has 17 heavy (non-hydrogen) atoms. The molecule has 0 bridgehead atoms. The molecule has 0 saturated carbocycles. The summed E-state index contributed by atoms with van der Waals surface area (Å²) in [6, 6.07) is 3.74. The zero-order chi connectivity index (χ0) is 12.4. The molecule has 0 saturated heterocycles. The van der Waals surface area contributed by atoms with E-state index in [4.69, 9.17) is 0 Å². The van der Waals surface area contributed by atoms with Crippen molar-refractivity contribution in [1.82, 2.24) is 19.7 Å². The summed E-state index contributed by atoms with van der Waals surface area (Å²) in [7, 11) is 1.92. The Balaban J connectivity index is 2.17. The molecule has 0 amide bonds. The maximum Gasteiger partial charge on any atom is 0.197 e. The Bertz CT molecular complexity index is 507. The predicted octanol–water partition coefficient (Wildman–Crippen LogP) is 1.72. The first kappa shape index (κ1) is 12.1. The molecule has 2 rings (SSSR count). The van der Waals surface area contributed by atoms with E-state index in [0.717, 1.165) is 21.6 Å². The standard InChI is InChI=1S/C11H14N4OS/c1-7(16)9-4-5-10(12-6-9)17-11-14-13-8(2)15(11)3/h4-7,16H,1-3H3/t7-/m1/s1. The number of pyridine rings is 1. The van der Waals surface area contributed by atoms with Gasteiger partial charge >= 0.3 is 0 Å². The summed E-state index contributed by atoms with van der Waals surface area (Å²) >= 11 is 1.45. The number of hydrogen-bond acceptors (Lipinski definition) is 5. The summed E-state index contributed by atoms with van der Waals surface area (Å²) in [6.07, 6.45) is 1.19. The zero-order valence-corrected chi connectivity index (χ0v) is 10.8. The SMILES string of the molecule is Cc1nnc(Sc2ccc([C@@H](C)O)cn2)n1C. The molecule has 2 heterocycles. The molecule has 0 spiro atoms. The maximum atomic E-state index is 9.38. The Morgan fingerprint density at radius 3 is 2.59 bits per heavy atom. The molecule has 2 aromatic heterocycles. The highest BCUT2D eigenvalue weighted by Crippen LogP contribution is 2.24. The van der Waals surface area contributed by atoms with Crippen LogP contribution in [0.15, 0.2) is 28.5 Å². The summed E-state index contributed by atoms with van der Waals surface area (Å²) in [5, 5.41) is 19.1. The second-order valence-electron chi connectivity index (χ2n) is 3.80. The highest BCUT2D eigenvalue weighted by atomic mass is 32.2. The number of rotatable bonds is 3. The van der Waals surface area contributed by atoms with Gasteiger partial charge in [-0.1, -0.05) is 6.07 Å². The van der Waals surface area contributed by atoms with E-state index in [0.29, 0.717) is 0 Å². The summed E-state index contributed by atoms with van der Waals surface area (Å²) in [4.78, 5) is 4.27. The lowest BCUT2D eigenvalue weighted by Gasteiger charge is -2.05. The molecular weight excluding hydrogens is 236 g/mol. The largest absolute Gasteiger partial charge is 0.389 e. The first-order valence-electron chi connectivity index (χ1n) is 5.26. The van der Waals surface area contributed by atoms with Gasteiger partial charge in [0.1, 0.15) is 10.9 Å². The lowest BCUT2D eigenvalue weighted by atomic mass is 10.2. The quantitative estimate of drug-likeness (QED) is 0.898. The zero-order valence-electron chi connectivity index (χ0n) is 9.95. The number of aliphatic hydroxyl groups excluding tert-OH is 1. The van der Waals surface area contributed by atoms with Crippen LogP contribution in [0.25, 0.3) is 0 Å². The van der Waals surface area contributed by atoms with E-state index in [1.807, 2.05) is 30.7 Å². The molecule has 1 N–H and O–H groups in total. The number of aryl methyl sites for hydroxylation is 1. The van der Waals surface area contributed by atoms with Crippen molar-refractivity contribution < 1.29 is 5.11 Å². The van der Waals surface area contributed by atoms with Crippen LogP contribution >= 0.6 is 11.8 Å². The fourth-order valence-corrected chi connectivity index (χ4v) is 2.05. The van der Waals surface area contributed by atoms with Crippen molar-refractivity contribution in [2.75, 3.05) is 0 Å². The van der Waals surface area contributed by atoms with Crippen molar-refractivity contribution in [3.05, 3.63) is 29.7 Å². The summed E-state index contributed by atoms with van der Waals surface area (Å²) in [5.74, 6) is 0.869. The van der Waals surface area contributed by atoms with Crippen molar-refractivity contribution >= 4 is 11.8 Å². The van der Waals surface area contributed by atoms with Gasteiger partial charge in [0, 0.05) is 13.2 Å². The second kappa shape index (κ2) is 4.85. The Hall–Kier alpha value is -1.40. The molecule has 1 atom stereocenters. The fraction of sp³-hybridized carbons (Fsp3) is 0.364. The van der Waals surface area contributed by atoms with Gasteiger partial charge in [-0.15, -0.1) is 10.2 Å². The topological polar surface area (TPSA) is 63.8 Å². The van der Waals surface area contributed by atoms with Crippen molar-refractivity contribution in [2.24, 2.45) is 7.05 Å². The predicted molar refractivity (Wildman–Crippen MR) is 64.7 cm³/mol. The van der Waals surface area contributed by atoms with Crippen LogP contribution in [0.2, 0.25) is 0 Å². The van der Waals surface area contributed by atoms with Crippen LogP contribution in [0.3, 0.4) is 0 Å². The lowest BCUT2D eigenvalue weighted by molar-refractivity contribution is 0.198. The summed E-state index contributed by atoms with van der Waals surface area (Å²) in [5.41, 5.74) is 0.809. The Morgan fingerprint density at radius 1 is 1.35 bits per heavy atom.